The summed E-state index contributed by atoms with van der Waals surface area (Å²) in [6.45, 7) is 6.50. The zero-order valence-electron chi connectivity index (χ0n) is 13.4. The highest BCUT2D eigenvalue weighted by Gasteiger charge is 2.32. The number of hydrogen-bond acceptors (Lipinski definition) is 3. The second kappa shape index (κ2) is 4.93. The van der Waals surface area contributed by atoms with Crippen LogP contribution in [0.2, 0.25) is 0 Å². The molecule has 1 saturated heterocycles. The number of para-hydroxylation sites is 1. The molecular formula is C17H21N3O2. The molecule has 116 valence electrons. The van der Waals surface area contributed by atoms with Gasteiger partial charge in [-0.25, -0.2) is 4.98 Å². The minimum atomic E-state index is -0.358. The zero-order valence-corrected chi connectivity index (χ0v) is 13.4. The Morgan fingerprint density at radius 3 is 2.64 bits per heavy atom. The number of carbonyl (C=O) groups excluding carboxylic acids is 2. The Hall–Kier alpha value is -2.17. The minimum absolute atomic E-state index is 0.00460. The molecule has 0 spiro atoms. The van der Waals surface area contributed by atoms with Crippen molar-refractivity contribution in [2.75, 3.05) is 0 Å². The number of fused-ring (bicyclic) bond motifs is 1. The molecule has 1 aliphatic heterocycles. The maximum Gasteiger partial charge on any atom is 0.237 e. The Kier molecular flexibility index (Phi) is 3.31. The summed E-state index contributed by atoms with van der Waals surface area (Å²) in [5.74, 6) is -0.0676. The molecule has 1 fully saturated rings. The summed E-state index contributed by atoms with van der Waals surface area (Å²) in [5.41, 5.74) is 3.16. The minimum Gasteiger partial charge on any atom is -0.330 e. The second-order valence-electron chi connectivity index (χ2n) is 6.96. The molecule has 1 N–H and O–H groups in total. The van der Waals surface area contributed by atoms with E-state index in [0.717, 1.165) is 16.9 Å². The van der Waals surface area contributed by atoms with Crippen molar-refractivity contribution in [1.82, 2.24) is 14.9 Å². The highest BCUT2D eigenvalue weighted by Crippen LogP contribution is 2.33. The molecule has 0 bridgehead atoms. The van der Waals surface area contributed by atoms with Crippen molar-refractivity contribution in [2.45, 2.75) is 44.9 Å². The first-order valence-corrected chi connectivity index (χ1v) is 7.58. The van der Waals surface area contributed by atoms with Gasteiger partial charge in [-0.1, -0.05) is 32.9 Å². The maximum atomic E-state index is 12.1. The Balaban J connectivity index is 2.15. The summed E-state index contributed by atoms with van der Waals surface area (Å²) in [7, 11) is 1.95. The highest BCUT2D eigenvalue weighted by atomic mass is 16.2. The predicted octanol–water partition coefficient (Wildman–Crippen LogP) is 2.39. The van der Waals surface area contributed by atoms with E-state index in [1.165, 1.54) is 5.56 Å². The Morgan fingerprint density at radius 2 is 2.00 bits per heavy atom. The van der Waals surface area contributed by atoms with Gasteiger partial charge in [0.1, 0.15) is 5.82 Å². The fourth-order valence-electron chi connectivity index (χ4n) is 3.14. The SMILES string of the molecule is Cn1c(C2CCC(=O)NC2=O)nc2cccc(C(C)(C)C)c21. The number of amides is 2. The molecule has 0 saturated carbocycles. The molecule has 2 aromatic rings. The van der Waals surface area contributed by atoms with Crippen LogP contribution in [0.5, 0.6) is 0 Å². The van der Waals surface area contributed by atoms with Gasteiger partial charge in [0.25, 0.3) is 0 Å². The third kappa shape index (κ3) is 2.30. The van der Waals surface area contributed by atoms with Gasteiger partial charge in [0, 0.05) is 13.5 Å². The number of nitrogens with zero attached hydrogens (tertiary/aromatic N) is 2. The van der Waals surface area contributed by atoms with Crippen molar-refractivity contribution >= 4 is 22.8 Å². The zero-order chi connectivity index (χ0) is 16.1. The molecule has 1 aliphatic rings. The molecule has 0 aliphatic carbocycles. The molecule has 1 atom stereocenters. The number of aryl methyl sites for hydroxylation is 1. The summed E-state index contributed by atoms with van der Waals surface area (Å²) in [5, 5.41) is 2.41. The largest absolute Gasteiger partial charge is 0.330 e. The number of aromatic nitrogens is 2. The lowest BCUT2D eigenvalue weighted by Crippen LogP contribution is -2.40. The fourth-order valence-corrected chi connectivity index (χ4v) is 3.14. The van der Waals surface area contributed by atoms with Crippen LogP contribution in [0.25, 0.3) is 11.0 Å². The van der Waals surface area contributed by atoms with Crippen LogP contribution in [0, 0.1) is 0 Å². The summed E-state index contributed by atoms with van der Waals surface area (Å²) in [6.07, 6.45) is 0.887. The van der Waals surface area contributed by atoms with E-state index in [-0.39, 0.29) is 23.1 Å². The van der Waals surface area contributed by atoms with Crippen molar-refractivity contribution in [3.8, 4) is 0 Å². The monoisotopic (exact) mass is 299 g/mol. The molecule has 3 rings (SSSR count). The van der Waals surface area contributed by atoms with Gasteiger partial charge in [0.15, 0.2) is 0 Å². The number of imidazole rings is 1. The van der Waals surface area contributed by atoms with Crippen molar-refractivity contribution < 1.29 is 9.59 Å². The van der Waals surface area contributed by atoms with Crippen molar-refractivity contribution in [3.05, 3.63) is 29.6 Å². The number of carbonyl (C=O) groups is 2. The van der Waals surface area contributed by atoms with Gasteiger partial charge in [0.2, 0.25) is 11.8 Å². The predicted molar refractivity (Wildman–Crippen MR) is 84.5 cm³/mol. The van der Waals surface area contributed by atoms with Crippen LogP contribution in [0.4, 0.5) is 0 Å². The van der Waals surface area contributed by atoms with Gasteiger partial charge < -0.3 is 4.57 Å². The maximum absolute atomic E-state index is 12.1. The molecule has 2 heterocycles. The first kappa shape index (κ1) is 14.8. The molecule has 2 amide bonds. The van der Waals surface area contributed by atoms with Gasteiger partial charge in [-0.3, -0.25) is 14.9 Å². The fraction of sp³-hybridized carbons (Fsp3) is 0.471. The summed E-state index contributed by atoms with van der Waals surface area (Å²) >= 11 is 0. The highest BCUT2D eigenvalue weighted by molar-refractivity contribution is 6.01. The summed E-state index contributed by atoms with van der Waals surface area (Å²) in [6, 6.07) is 6.09. The van der Waals surface area contributed by atoms with Gasteiger partial charge >= 0.3 is 0 Å². The van der Waals surface area contributed by atoms with E-state index in [0.29, 0.717) is 12.8 Å². The number of imide groups is 1. The molecule has 5 heteroatoms. The van der Waals surface area contributed by atoms with E-state index >= 15 is 0 Å². The standard InChI is InChI=1S/C17H21N3O2/c1-17(2,3)11-6-5-7-12-14(11)20(4)15(18-12)10-8-9-13(21)19-16(10)22/h5-7,10H,8-9H2,1-4H3,(H,19,21,22). The molecule has 0 radical (unpaired) electrons. The van der Waals surface area contributed by atoms with Crippen LogP contribution in [0.1, 0.15) is 50.9 Å². The van der Waals surface area contributed by atoms with E-state index in [4.69, 9.17) is 0 Å². The molecular weight excluding hydrogens is 278 g/mol. The van der Waals surface area contributed by atoms with Crippen LogP contribution in [-0.2, 0) is 22.1 Å². The van der Waals surface area contributed by atoms with E-state index < -0.39 is 0 Å². The van der Waals surface area contributed by atoms with Crippen LogP contribution in [0.15, 0.2) is 18.2 Å². The molecule has 22 heavy (non-hydrogen) atoms. The normalized spacial score (nSPS) is 19.5. The molecule has 1 aromatic heterocycles. The topological polar surface area (TPSA) is 64.0 Å². The van der Waals surface area contributed by atoms with Gasteiger partial charge in [-0.05, 0) is 23.5 Å². The number of rotatable bonds is 1. The average molecular weight is 299 g/mol. The van der Waals surface area contributed by atoms with Gasteiger partial charge in [-0.15, -0.1) is 0 Å². The lowest BCUT2D eigenvalue weighted by atomic mass is 9.86. The molecule has 1 aromatic carbocycles. The van der Waals surface area contributed by atoms with Crippen LogP contribution < -0.4 is 5.32 Å². The third-order valence-electron chi connectivity index (χ3n) is 4.29. The third-order valence-corrected chi connectivity index (χ3v) is 4.29. The van der Waals surface area contributed by atoms with Crippen LogP contribution in [-0.4, -0.2) is 21.4 Å². The number of nitrogens with one attached hydrogen (secondary N) is 1. The smallest absolute Gasteiger partial charge is 0.237 e. The first-order chi connectivity index (χ1) is 10.3. The van der Waals surface area contributed by atoms with E-state index in [1.54, 1.807) is 0 Å². The second-order valence-corrected chi connectivity index (χ2v) is 6.96. The van der Waals surface area contributed by atoms with E-state index in [1.807, 2.05) is 23.7 Å². The van der Waals surface area contributed by atoms with E-state index in [2.05, 4.69) is 37.1 Å². The first-order valence-electron chi connectivity index (χ1n) is 7.58. The molecule has 5 nitrogen and oxygen atoms in total. The van der Waals surface area contributed by atoms with Crippen molar-refractivity contribution in [3.63, 3.8) is 0 Å². The Labute approximate surface area is 129 Å². The van der Waals surface area contributed by atoms with Crippen LogP contribution >= 0.6 is 0 Å². The summed E-state index contributed by atoms with van der Waals surface area (Å²) < 4.78 is 2.01. The lowest BCUT2D eigenvalue weighted by molar-refractivity contribution is -0.134. The number of benzene rings is 1. The number of hydrogen-bond donors (Lipinski definition) is 1. The van der Waals surface area contributed by atoms with Crippen molar-refractivity contribution in [2.24, 2.45) is 7.05 Å². The van der Waals surface area contributed by atoms with E-state index in [9.17, 15) is 9.59 Å². The van der Waals surface area contributed by atoms with Crippen LogP contribution in [0.3, 0.4) is 0 Å². The average Bonchev–Trinajstić information content (AvgIpc) is 2.75. The quantitative estimate of drug-likeness (QED) is 0.822. The molecule has 1 unspecified atom stereocenters. The summed E-state index contributed by atoms with van der Waals surface area (Å²) in [4.78, 5) is 28.1. The van der Waals surface area contributed by atoms with Gasteiger partial charge in [-0.2, -0.15) is 0 Å². The lowest BCUT2D eigenvalue weighted by Gasteiger charge is -2.22. The van der Waals surface area contributed by atoms with Crippen molar-refractivity contribution in [1.29, 1.82) is 0 Å². The number of piperidine rings is 1. The Bertz CT molecular complexity index is 768. The Morgan fingerprint density at radius 1 is 1.27 bits per heavy atom. The van der Waals surface area contributed by atoms with Gasteiger partial charge in [0.05, 0.1) is 17.0 Å².